The van der Waals surface area contributed by atoms with Crippen LogP contribution in [0.3, 0.4) is 0 Å². The summed E-state index contributed by atoms with van der Waals surface area (Å²) in [4.78, 5) is 33.0. The molecule has 1 atom stereocenters. The van der Waals surface area contributed by atoms with Crippen molar-refractivity contribution >= 4 is 12.4 Å². The number of hydrogen-bond acceptors (Lipinski definition) is 5. The summed E-state index contributed by atoms with van der Waals surface area (Å²) in [5.41, 5.74) is 3.33. The zero-order chi connectivity index (χ0) is 22.5. The average molecular weight is 422 g/mol. The van der Waals surface area contributed by atoms with Crippen molar-refractivity contribution in [3.8, 4) is 11.4 Å². The van der Waals surface area contributed by atoms with Gasteiger partial charge in [-0.1, -0.05) is 44.2 Å². The molecule has 1 aromatic carbocycles. The fourth-order valence-electron chi connectivity index (χ4n) is 3.88. The second-order valence-corrected chi connectivity index (χ2v) is 7.76. The molecular weight excluding hydrogens is 394 g/mol. The smallest absolute Gasteiger partial charge is 0.290 e. The van der Waals surface area contributed by atoms with Crippen molar-refractivity contribution in [1.29, 1.82) is 0 Å². The minimum absolute atomic E-state index is 0.0132. The van der Waals surface area contributed by atoms with Gasteiger partial charge in [-0.05, 0) is 31.9 Å². The van der Waals surface area contributed by atoms with Crippen molar-refractivity contribution in [1.82, 2.24) is 24.6 Å². The average Bonchev–Trinajstić information content (AvgIpc) is 3.18. The number of amides is 1. The molecule has 0 saturated heterocycles. The van der Waals surface area contributed by atoms with Gasteiger partial charge in [-0.2, -0.15) is 5.10 Å². The number of pyridine rings is 1. The number of aromatic nitrogens is 4. The van der Waals surface area contributed by atoms with Gasteiger partial charge in [0.25, 0.3) is 12.4 Å². The Morgan fingerprint density at radius 3 is 2.39 bits per heavy atom. The molecule has 3 heterocycles. The number of aryl methyl sites for hydroxylation is 2. The summed E-state index contributed by atoms with van der Waals surface area (Å²) in [6, 6.07) is 13.6. The molecule has 0 bridgehead atoms. The molecular formula is C23H27N5O3. The Hall–Kier alpha value is -3.55. The van der Waals surface area contributed by atoms with Gasteiger partial charge in [0.05, 0.1) is 23.8 Å². The van der Waals surface area contributed by atoms with E-state index in [-0.39, 0.29) is 24.3 Å². The predicted octanol–water partition coefficient (Wildman–Crippen LogP) is 3.51. The predicted molar refractivity (Wildman–Crippen MR) is 116 cm³/mol. The molecule has 1 N–H and O–H groups in total. The lowest BCUT2D eigenvalue weighted by atomic mass is 9.98. The van der Waals surface area contributed by atoms with Gasteiger partial charge in [-0.3, -0.25) is 14.6 Å². The number of carboxylic acid groups (broad SMARTS) is 1. The van der Waals surface area contributed by atoms with Gasteiger partial charge in [-0.15, -0.1) is 0 Å². The number of carbonyl (C=O) groups is 2. The van der Waals surface area contributed by atoms with Crippen molar-refractivity contribution in [3.63, 3.8) is 0 Å². The molecule has 0 unspecified atom stereocenters. The summed E-state index contributed by atoms with van der Waals surface area (Å²) in [7, 11) is 0. The van der Waals surface area contributed by atoms with Crippen LogP contribution in [0.25, 0.3) is 11.4 Å². The number of nitrogens with zero attached hydrogens (tertiary/aromatic N) is 5. The molecule has 0 spiro atoms. The van der Waals surface area contributed by atoms with Crippen LogP contribution in [0.4, 0.5) is 0 Å². The Morgan fingerprint density at radius 2 is 1.77 bits per heavy atom. The van der Waals surface area contributed by atoms with E-state index < -0.39 is 0 Å². The molecule has 0 radical (unpaired) electrons. The highest BCUT2D eigenvalue weighted by Crippen LogP contribution is 2.33. The summed E-state index contributed by atoms with van der Waals surface area (Å²) >= 11 is 0. The summed E-state index contributed by atoms with van der Waals surface area (Å²) < 4.78 is 1.96. The van der Waals surface area contributed by atoms with Crippen molar-refractivity contribution in [2.24, 2.45) is 5.92 Å². The Labute approximate surface area is 181 Å². The first kappa shape index (κ1) is 22.1. The lowest BCUT2D eigenvalue weighted by molar-refractivity contribution is -0.122. The van der Waals surface area contributed by atoms with Crippen LogP contribution in [-0.4, -0.2) is 48.7 Å². The van der Waals surface area contributed by atoms with Gasteiger partial charge in [0.1, 0.15) is 0 Å². The lowest BCUT2D eigenvalue weighted by Crippen LogP contribution is -2.45. The van der Waals surface area contributed by atoms with Gasteiger partial charge in [0.15, 0.2) is 11.6 Å². The normalized spacial score (nSPS) is 15.1. The molecule has 31 heavy (non-hydrogen) atoms. The summed E-state index contributed by atoms with van der Waals surface area (Å²) in [6.07, 6.45) is 0. The summed E-state index contributed by atoms with van der Waals surface area (Å²) in [6.45, 7) is 9.08. The minimum atomic E-state index is -0.250. The first-order chi connectivity index (χ1) is 14.9. The van der Waals surface area contributed by atoms with Gasteiger partial charge in [0.2, 0.25) is 0 Å². The number of carbonyl (C=O) groups excluding carboxylic acids is 1. The highest BCUT2D eigenvalue weighted by atomic mass is 16.3. The summed E-state index contributed by atoms with van der Waals surface area (Å²) in [5.74, 6) is 1.80. The standard InChI is InChI=1S/C22H25N5O.CH2O2/c1-14(2)19-21-24-20(17-8-6-5-7-9-17)25-27(21)13-12-26(19)22(28)18-11-10-15(3)23-16(18)4;2-1-3/h5-11,14,19H,12-13H2,1-4H3;1H,(H,2,3)/t19-;/m0./s1. The second kappa shape index (κ2) is 9.51. The molecule has 1 aliphatic heterocycles. The Bertz CT molecular complexity index is 1060. The third-order valence-electron chi connectivity index (χ3n) is 5.23. The van der Waals surface area contributed by atoms with Crippen LogP contribution >= 0.6 is 0 Å². The molecule has 1 amide bonds. The third kappa shape index (κ3) is 4.63. The van der Waals surface area contributed by atoms with Crippen LogP contribution in [0.1, 0.15) is 47.5 Å². The van der Waals surface area contributed by atoms with Crippen LogP contribution < -0.4 is 0 Å². The van der Waals surface area contributed by atoms with Gasteiger partial charge in [0, 0.05) is 17.8 Å². The molecule has 8 heteroatoms. The minimum Gasteiger partial charge on any atom is -0.483 e. The van der Waals surface area contributed by atoms with Crippen LogP contribution in [0.5, 0.6) is 0 Å². The quantitative estimate of drug-likeness (QED) is 0.650. The van der Waals surface area contributed by atoms with E-state index in [0.717, 1.165) is 22.8 Å². The monoisotopic (exact) mass is 421 g/mol. The van der Waals surface area contributed by atoms with Crippen LogP contribution in [0, 0.1) is 19.8 Å². The van der Waals surface area contributed by atoms with E-state index in [9.17, 15) is 4.79 Å². The maximum absolute atomic E-state index is 13.4. The van der Waals surface area contributed by atoms with Crippen LogP contribution in [-0.2, 0) is 11.3 Å². The van der Waals surface area contributed by atoms with E-state index in [2.05, 4.69) is 18.8 Å². The molecule has 0 saturated carbocycles. The fraction of sp³-hybridized carbons (Fsp3) is 0.348. The molecule has 0 fully saturated rings. The molecule has 3 aromatic rings. The first-order valence-electron chi connectivity index (χ1n) is 10.2. The Morgan fingerprint density at radius 1 is 1.10 bits per heavy atom. The van der Waals surface area contributed by atoms with E-state index in [0.29, 0.717) is 24.5 Å². The maximum atomic E-state index is 13.4. The zero-order valence-electron chi connectivity index (χ0n) is 18.2. The van der Waals surface area contributed by atoms with E-state index >= 15 is 0 Å². The topological polar surface area (TPSA) is 101 Å². The molecule has 4 rings (SSSR count). The van der Waals surface area contributed by atoms with Crippen LogP contribution in [0.2, 0.25) is 0 Å². The lowest BCUT2D eigenvalue weighted by Gasteiger charge is -2.37. The Kier molecular flexibility index (Phi) is 6.79. The molecule has 8 nitrogen and oxygen atoms in total. The highest BCUT2D eigenvalue weighted by molar-refractivity contribution is 5.95. The van der Waals surface area contributed by atoms with Crippen molar-refractivity contribution in [2.45, 2.75) is 40.3 Å². The molecule has 1 aliphatic rings. The largest absolute Gasteiger partial charge is 0.483 e. The SMILES string of the molecule is Cc1ccc(C(=O)N2CCn3nc(-c4ccccc4)nc3[C@@H]2C(C)C)c(C)n1.O=CO. The van der Waals surface area contributed by atoms with Gasteiger partial charge >= 0.3 is 0 Å². The van der Waals surface area contributed by atoms with E-state index in [1.807, 2.05) is 65.9 Å². The third-order valence-corrected chi connectivity index (χ3v) is 5.23. The molecule has 2 aromatic heterocycles. The van der Waals surface area contributed by atoms with Gasteiger partial charge < -0.3 is 10.0 Å². The number of rotatable bonds is 3. The molecule has 162 valence electrons. The van der Waals surface area contributed by atoms with Crippen molar-refractivity contribution in [2.75, 3.05) is 6.54 Å². The Balaban J connectivity index is 0.000000858. The maximum Gasteiger partial charge on any atom is 0.290 e. The van der Waals surface area contributed by atoms with Crippen molar-refractivity contribution < 1.29 is 14.7 Å². The van der Waals surface area contributed by atoms with Crippen LogP contribution in [0.15, 0.2) is 42.5 Å². The van der Waals surface area contributed by atoms with E-state index in [1.54, 1.807) is 0 Å². The highest BCUT2D eigenvalue weighted by Gasteiger charge is 2.36. The molecule has 0 aliphatic carbocycles. The van der Waals surface area contributed by atoms with E-state index in [4.69, 9.17) is 20.0 Å². The first-order valence-corrected chi connectivity index (χ1v) is 10.2. The number of fused-ring (bicyclic) bond motifs is 1. The fourth-order valence-corrected chi connectivity index (χ4v) is 3.88. The number of hydrogen-bond donors (Lipinski definition) is 1. The van der Waals surface area contributed by atoms with Gasteiger partial charge in [-0.25, -0.2) is 9.67 Å². The summed E-state index contributed by atoms with van der Waals surface area (Å²) in [5, 5.41) is 11.6. The number of benzene rings is 1. The zero-order valence-corrected chi connectivity index (χ0v) is 18.2. The second-order valence-electron chi connectivity index (χ2n) is 7.76. The van der Waals surface area contributed by atoms with Crippen molar-refractivity contribution in [3.05, 3.63) is 65.2 Å². The van der Waals surface area contributed by atoms with E-state index in [1.165, 1.54) is 0 Å².